The maximum atomic E-state index is 12.9. The van der Waals surface area contributed by atoms with E-state index in [0.29, 0.717) is 30.2 Å². The van der Waals surface area contributed by atoms with Crippen molar-refractivity contribution in [1.29, 1.82) is 0 Å². The van der Waals surface area contributed by atoms with Gasteiger partial charge in [-0.25, -0.2) is 4.39 Å². The van der Waals surface area contributed by atoms with Gasteiger partial charge in [0.2, 0.25) is 5.91 Å². The Bertz CT molecular complexity index is 894. The van der Waals surface area contributed by atoms with E-state index in [1.165, 1.54) is 18.2 Å². The Morgan fingerprint density at radius 2 is 2.00 bits per heavy atom. The number of carbonyl (C=O) groups is 2. The molecule has 0 spiro atoms. The third-order valence-corrected chi connectivity index (χ3v) is 4.24. The number of hydrogen-bond acceptors (Lipinski definition) is 4. The van der Waals surface area contributed by atoms with E-state index in [2.05, 4.69) is 5.32 Å². The minimum Gasteiger partial charge on any atom is -0.482 e. The second-order valence-electron chi connectivity index (χ2n) is 6.69. The lowest BCUT2D eigenvalue weighted by Crippen LogP contribution is -2.42. The van der Waals surface area contributed by atoms with Gasteiger partial charge in [0.15, 0.2) is 6.61 Å². The summed E-state index contributed by atoms with van der Waals surface area (Å²) in [7, 11) is 3.88. The molecule has 146 valence electrons. The van der Waals surface area contributed by atoms with Crippen LogP contribution >= 0.6 is 0 Å². The van der Waals surface area contributed by atoms with Crippen LogP contribution in [0.1, 0.15) is 5.56 Å². The first-order valence-electron chi connectivity index (χ1n) is 8.89. The van der Waals surface area contributed by atoms with Crippen LogP contribution in [0.2, 0.25) is 0 Å². The van der Waals surface area contributed by atoms with Crippen LogP contribution in [0.25, 0.3) is 6.08 Å². The van der Waals surface area contributed by atoms with Crippen LogP contribution in [0, 0.1) is 5.82 Å². The molecule has 2 aromatic rings. The maximum absolute atomic E-state index is 12.9. The summed E-state index contributed by atoms with van der Waals surface area (Å²) in [5.41, 5.74) is 1.91. The van der Waals surface area contributed by atoms with E-state index in [1.807, 2.05) is 19.0 Å². The molecule has 1 aliphatic rings. The number of hydrogen-bond donors (Lipinski definition) is 1. The zero-order valence-corrected chi connectivity index (χ0v) is 15.8. The predicted molar refractivity (Wildman–Crippen MR) is 107 cm³/mol. The molecule has 0 fully saturated rings. The van der Waals surface area contributed by atoms with Crippen molar-refractivity contribution < 1.29 is 18.7 Å². The predicted octanol–water partition coefficient (Wildman–Crippen LogP) is 2.76. The summed E-state index contributed by atoms with van der Waals surface area (Å²) in [6.45, 7) is 1.25. The van der Waals surface area contributed by atoms with Crippen LogP contribution in [-0.2, 0) is 9.59 Å². The van der Waals surface area contributed by atoms with Crippen LogP contribution in [0.3, 0.4) is 0 Å². The van der Waals surface area contributed by atoms with E-state index in [0.717, 1.165) is 5.56 Å². The van der Waals surface area contributed by atoms with Gasteiger partial charge >= 0.3 is 0 Å². The van der Waals surface area contributed by atoms with Crippen molar-refractivity contribution in [3.8, 4) is 5.75 Å². The first-order valence-corrected chi connectivity index (χ1v) is 8.89. The average Bonchev–Trinajstić information content (AvgIpc) is 2.66. The lowest BCUT2D eigenvalue weighted by molar-refractivity contribution is -0.121. The number of rotatable bonds is 6. The van der Waals surface area contributed by atoms with Crippen LogP contribution < -0.4 is 15.0 Å². The molecular formula is C21H22FN3O3. The van der Waals surface area contributed by atoms with Crippen LogP contribution in [-0.4, -0.2) is 50.5 Å². The Hall–Kier alpha value is -3.19. The molecule has 1 heterocycles. The molecule has 0 saturated carbocycles. The van der Waals surface area contributed by atoms with E-state index < -0.39 is 0 Å². The molecule has 2 amide bonds. The number of nitrogens with one attached hydrogen (secondary N) is 1. The monoisotopic (exact) mass is 383 g/mol. The molecule has 6 nitrogen and oxygen atoms in total. The number of halogens is 1. The maximum Gasteiger partial charge on any atom is 0.265 e. The molecule has 0 atom stereocenters. The molecule has 28 heavy (non-hydrogen) atoms. The molecule has 1 N–H and O–H groups in total. The second-order valence-corrected chi connectivity index (χ2v) is 6.69. The van der Waals surface area contributed by atoms with Crippen LogP contribution in [0.15, 0.2) is 48.5 Å². The van der Waals surface area contributed by atoms with Crippen molar-refractivity contribution in [3.05, 3.63) is 59.9 Å². The Balaban J connectivity index is 1.72. The van der Waals surface area contributed by atoms with Gasteiger partial charge in [-0.2, -0.15) is 0 Å². The third-order valence-electron chi connectivity index (χ3n) is 4.24. The highest BCUT2D eigenvalue weighted by atomic mass is 19.1. The molecular weight excluding hydrogens is 361 g/mol. The highest BCUT2D eigenvalue weighted by molar-refractivity contribution is 6.03. The first-order chi connectivity index (χ1) is 13.4. The van der Waals surface area contributed by atoms with E-state index in [1.54, 1.807) is 41.3 Å². The SMILES string of the molecule is CN(C)CCN1C(=O)COc2ccc(NC(=O)/C=C/c3ccc(F)cc3)cc21. The Kier molecular flexibility index (Phi) is 6.06. The zero-order chi connectivity index (χ0) is 20.1. The third kappa shape index (κ3) is 4.95. The van der Waals surface area contributed by atoms with Gasteiger partial charge in [0, 0.05) is 24.9 Å². The molecule has 3 rings (SSSR count). The van der Waals surface area contributed by atoms with Crippen LogP contribution in [0.4, 0.5) is 15.8 Å². The van der Waals surface area contributed by atoms with Gasteiger partial charge in [0.05, 0.1) is 5.69 Å². The minimum atomic E-state index is -0.328. The number of amides is 2. The van der Waals surface area contributed by atoms with Gasteiger partial charge in [0.1, 0.15) is 11.6 Å². The summed E-state index contributed by atoms with van der Waals surface area (Å²) in [6, 6.07) is 11.0. The normalized spacial score (nSPS) is 13.6. The van der Waals surface area contributed by atoms with Crippen molar-refractivity contribution in [3.63, 3.8) is 0 Å². The number of fused-ring (bicyclic) bond motifs is 1. The van der Waals surface area contributed by atoms with Crippen LogP contribution in [0.5, 0.6) is 5.75 Å². The zero-order valence-electron chi connectivity index (χ0n) is 15.8. The fourth-order valence-corrected chi connectivity index (χ4v) is 2.75. The molecule has 0 aromatic heterocycles. The lowest BCUT2D eigenvalue weighted by Gasteiger charge is -2.30. The van der Waals surface area contributed by atoms with Gasteiger partial charge in [0.25, 0.3) is 5.91 Å². The minimum absolute atomic E-state index is 0.00649. The van der Waals surface area contributed by atoms with Crippen molar-refractivity contribution in [2.75, 3.05) is 44.0 Å². The van der Waals surface area contributed by atoms with E-state index in [4.69, 9.17) is 4.74 Å². The number of likely N-dealkylation sites (N-methyl/N-ethyl adjacent to an activating group) is 1. The summed E-state index contributed by atoms with van der Waals surface area (Å²) in [6.07, 6.45) is 2.97. The largest absolute Gasteiger partial charge is 0.482 e. The standard InChI is InChI=1S/C21H22FN3O3/c1-24(2)11-12-25-18-13-17(8-9-19(18)28-14-21(25)27)23-20(26)10-5-15-3-6-16(22)7-4-15/h3-10,13H,11-12,14H2,1-2H3,(H,23,26)/b10-5+. The highest BCUT2D eigenvalue weighted by Crippen LogP contribution is 2.34. The van der Waals surface area contributed by atoms with Crippen molar-refractivity contribution in [2.24, 2.45) is 0 Å². The summed E-state index contributed by atoms with van der Waals surface area (Å²) in [5.74, 6) is -0.161. The molecule has 0 bridgehead atoms. The van der Waals surface area contributed by atoms with Crippen molar-refractivity contribution in [2.45, 2.75) is 0 Å². The van der Waals surface area contributed by atoms with E-state index in [9.17, 15) is 14.0 Å². The van der Waals surface area contributed by atoms with Crippen molar-refractivity contribution >= 4 is 29.3 Å². The van der Waals surface area contributed by atoms with E-state index in [-0.39, 0.29) is 24.2 Å². The number of ether oxygens (including phenoxy) is 1. The summed E-state index contributed by atoms with van der Waals surface area (Å²) in [4.78, 5) is 28.1. The van der Waals surface area contributed by atoms with Gasteiger partial charge in [-0.05, 0) is 56.1 Å². The fourth-order valence-electron chi connectivity index (χ4n) is 2.75. The highest BCUT2D eigenvalue weighted by Gasteiger charge is 2.25. The smallest absolute Gasteiger partial charge is 0.265 e. The quantitative estimate of drug-likeness (QED) is 0.780. The topological polar surface area (TPSA) is 61.9 Å². The Morgan fingerprint density at radius 1 is 1.25 bits per heavy atom. The Morgan fingerprint density at radius 3 is 2.71 bits per heavy atom. The van der Waals surface area contributed by atoms with Gasteiger partial charge in [-0.15, -0.1) is 0 Å². The molecule has 0 radical (unpaired) electrons. The van der Waals surface area contributed by atoms with E-state index >= 15 is 0 Å². The number of benzene rings is 2. The molecule has 0 aliphatic carbocycles. The number of nitrogens with zero attached hydrogens (tertiary/aromatic N) is 2. The van der Waals surface area contributed by atoms with Gasteiger partial charge < -0.3 is 19.9 Å². The van der Waals surface area contributed by atoms with Crippen molar-refractivity contribution in [1.82, 2.24) is 4.90 Å². The first kappa shape index (κ1) is 19.6. The summed E-state index contributed by atoms with van der Waals surface area (Å²) < 4.78 is 18.4. The van der Waals surface area contributed by atoms with Gasteiger partial charge in [-0.1, -0.05) is 12.1 Å². The molecule has 1 aliphatic heterocycles. The van der Waals surface area contributed by atoms with Gasteiger partial charge in [-0.3, -0.25) is 9.59 Å². The lowest BCUT2D eigenvalue weighted by atomic mass is 10.2. The number of anilines is 2. The molecule has 0 saturated heterocycles. The number of carbonyl (C=O) groups excluding carboxylic acids is 2. The Labute approximate surface area is 163 Å². The summed E-state index contributed by atoms with van der Waals surface area (Å²) >= 11 is 0. The fraction of sp³-hybridized carbons (Fsp3) is 0.238. The second kappa shape index (κ2) is 8.67. The molecule has 2 aromatic carbocycles. The summed E-state index contributed by atoms with van der Waals surface area (Å²) in [5, 5.41) is 2.77. The molecule has 0 unspecified atom stereocenters. The molecule has 7 heteroatoms. The average molecular weight is 383 g/mol.